The normalized spacial score (nSPS) is 32.7. The van der Waals surface area contributed by atoms with Gasteiger partial charge in [0.25, 0.3) is 21.9 Å². The molecule has 446 valence electrons. The van der Waals surface area contributed by atoms with Gasteiger partial charge in [0, 0.05) is 94.4 Å². The number of quaternary nitrogens is 2. The number of nitro benzene ring substituents is 1. The Morgan fingerprint density at radius 3 is 1.88 bits per heavy atom. The molecule has 12 aliphatic rings. The molecule has 9 heterocycles. The lowest BCUT2D eigenvalue weighted by atomic mass is 9.52. The van der Waals surface area contributed by atoms with Crippen LogP contribution in [0.4, 0.5) is 29.8 Å². The zero-order chi connectivity index (χ0) is 59.6. The van der Waals surface area contributed by atoms with Crippen LogP contribution in [0.15, 0.2) is 126 Å². The first-order valence-corrected chi connectivity index (χ1v) is 31.9. The molecule has 5 saturated heterocycles. The zero-order valence-electron chi connectivity index (χ0n) is 48.2. The second-order valence-electron chi connectivity index (χ2n) is 25.5. The topological polar surface area (TPSA) is 162 Å². The number of benzene rings is 5. The number of halogens is 3. The van der Waals surface area contributed by atoms with Gasteiger partial charge in [-0.15, -0.1) is 4.71 Å². The number of sulfonamides is 1. The summed E-state index contributed by atoms with van der Waals surface area (Å²) in [7, 11) is -1.47. The molecule has 86 heavy (non-hydrogen) atoms. The molecule has 6 bridgehead atoms. The van der Waals surface area contributed by atoms with Crippen molar-refractivity contribution in [2.45, 2.75) is 85.7 Å². The summed E-state index contributed by atoms with van der Waals surface area (Å²) in [5.74, 6) is 1.35. The largest absolute Gasteiger partial charge is 0.488 e. The fraction of sp³-hybridized carbons (Fsp3) is 0.431. The van der Waals surface area contributed by atoms with E-state index in [1.807, 2.05) is 69.1 Å². The van der Waals surface area contributed by atoms with Crippen molar-refractivity contribution >= 4 is 66.9 Å². The van der Waals surface area contributed by atoms with Crippen molar-refractivity contribution in [3.05, 3.63) is 165 Å². The van der Waals surface area contributed by atoms with E-state index in [1.54, 1.807) is 0 Å². The number of ether oxygens (including phenoxy) is 4. The molecule has 8 aliphatic heterocycles. The molecule has 18 rings (SSSR count). The average molecular weight is 1210 g/mol. The number of fused-ring (bicyclic) bond motifs is 3. The van der Waals surface area contributed by atoms with Crippen molar-refractivity contribution in [3.8, 4) is 11.5 Å². The van der Waals surface area contributed by atoms with Gasteiger partial charge in [0.15, 0.2) is 43.4 Å². The zero-order valence-corrected chi connectivity index (χ0v) is 49.8. The summed E-state index contributed by atoms with van der Waals surface area (Å²) in [5.41, 5.74) is 5.73. The van der Waals surface area contributed by atoms with E-state index in [0.29, 0.717) is 74.3 Å². The maximum atomic E-state index is 15.1. The number of carbonyl (C=O) groups is 2. The molecule has 4 aliphatic carbocycles. The first-order valence-electron chi connectivity index (χ1n) is 29.9. The number of methoxy groups -OCH3 is 2. The number of alkyl halides is 1. The molecule has 1 aromatic heterocycles. The van der Waals surface area contributed by atoms with Crippen molar-refractivity contribution in [2.75, 3.05) is 76.9 Å². The van der Waals surface area contributed by atoms with Crippen LogP contribution in [0.25, 0.3) is 21.7 Å². The highest BCUT2D eigenvalue weighted by molar-refractivity contribution is 7.92. The number of carbonyl (C=O) groups excluding carboxylic acids is 2. The number of hydrogen-bond donors (Lipinski definition) is 0. The maximum Gasteiger partial charge on any atom is 0.409 e. The molecule has 6 aromatic rings. The number of pyridine rings is 1. The Morgan fingerprint density at radius 2 is 1.30 bits per heavy atom. The molecule has 0 N–H and O–H groups in total. The predicted octanol–water partition coefficient (Wildman–Crippen LogP) is 9.93. The Morgan fingerprint density at radius 1 is 0.744 bits per heavy atom. The minimum Gasteiger partial charge on any atom is -0.488 e. The molecule has 21 heteroatoms. The Balaban J connectivity index is 0.000000145. The van der Waals surface area contributed by atoms with E-state index in [2.05, 4.69) is 50.3 Å². The van der Waals surface area contributed by atoms with E-state index in [9.17, 15) is 28.6 Å². The van der Waals surface area contributed by atoms with Crippen LogP contribution in [-0.2, 0) is 43.2 Å². The quantitative estimate of drug-likeness (QED) is 0.0187. The number of non-ortho nitro benzene ring substituents is 1. The van der Waals surface area contributed by atoms with Gasteiger partial charge in [-0.25, -0.2) is 22.4 Å². The highest BCUT2D eigenvalue weighted by Gasteiger charge is 2.67. The molecule has 0 saturated carbocycles. The Kier molecular flexibility index (Phi) is 12.6. The van der Waals surface area contributed by atoms with Gasteiger partial charge in [-0.2, -0.15) is 8.87 Å². The number of likely N-dealkylation sites (tertiary alicyclic amines) is 2. The van der Waals surface area contributed by atoms with E-state index >= 15 is 8.42 Å². The van der Waals surface area contributed by atoms with Crippen LogP contribution in [0, 0.1) is 39.6 Å². The van der Waals surface area contributed by atoms with Gasteiger partial charge in [0.2, 0.25) is 5.52 Å². The van der Waals surface area contributed by atoms with E-state index < -0.39 is 26.5 Å². The Bertz CT molecular complexity index is 4050. The number of nitrogens with zero attached hydrogens (tertiary/aromatic N) is 7. The lowest BCUT2D eigenvalue weighted by Crippen LogP contribution is -2.71. The summed E-state index contributed by atoms with van der Waals surface area (Å²) in [6, 6.07) is 26.8. The Labute approximate surface area is 501 Å². The summed E-state index contributed by atoms with van der Waals surface area (Å²) in [6.07, 6.45) is 11.8. The molecule has 11 atom stereocenters. The molecular weight excluding hydrogens is 1140 g/mol. The summed E-state index contributed by atoms with van der Waals surface area (Å²) < 4.78 is 86.0. The standard InChI is InChI=1S/C39H33N4O7S.C19H20FNO3.C7H14ClFN2/c1-22-8-17-29-31-21-25-11-16-28(35-33(25)39(29,36(22)50-35)18-20-40(31)38(44)49-2)37-41-19-4-6-24-10-9-23-5-3-7-30(32(23)34(24)41)42(37)51(47,48)27-14-12-26(13-15-27)43(45)46;1-10-3-5-12-14-9-11-4-6-13(20)16-15(11)19(12,17(10)24-16)7-8-21(14)18(22)23-2;8-7-10-1-4-11(9,5-2-10)6-3-10/h3-17,19,22,29,31,36-37H,18,20-21H2,1-2H3;3-6,10,12,14,17H,7-9H2,1-2H3;1-7H2/q+1;;+2/t22-,29-,31?,36-,37?,39-;10-,12-,14?,17-,19-;/m00./s1. The highest BCUT2D eigenvalue weighted by Crippen LogP contribution is 2.65. The molecule has 2 amide bonds. The van der Waals surface area contributed by atoms with Crippen LogP contribution < -0.4 is 18.3 Å². The van der Waals surface area contributed by atoms with Crippen LogP contribution in [0.5, 0.6) is 11.5 Å². The number of rotatable bonds is 5. The number of aromatic nitrogens is 1. The van der Waals surface area contributed by atoms with Gasteiger partial charge < -0.3 is 28.7 Å². The van der Waals surface area contributed by atoms with Crippen LogP contribution >= 0.6 is 11.6 Å². The highest BCUT2D eigenvalue weighted by atomic mass is 35.5. The van der Waals surface area contributed by atoms with Crippen LogP contribution in [-0.4, -0.2) is 141 Å². The number of nitro groups is 1. The molecule has 5 aromatic carbocycles. The van der Waals surface area contributed by atoms with Crippen molar-refractivity contribution in [3.63, 3.8) is 0 Å². The molecule has 2 spiro atoms. The summed E-state index contributed by atoms with van der Waals surface area (Å²) >= 11 is 5.85. The molecule has 17 nitrogen and oxygen atoms in total. The van der Waals surface area contributed by atoms with E-state index in [0.717, 1.165) is 80.9 Å². The van der Waals surface area contributed by atoms with Gasteiger partial charge in [-0.1, -0.05) is 80.1 Å². The van der Waals surface area contributed by atoms with Gasteiger partial charge in [0.1, 0.15) is 37.6 Å². The minimum atomic E-state index is -4.32. The van der Waals surface area contributed by atoms with Crippen molar-refractivity contribution < 1.29 is 64.5 Å². The molecular formula is C65H67ClF2N7O10S+3. The number of amides is 2. The average Bonchev–Trinajstić information content (AvgIpc) is 1.43. The fourth-order valence-electron chi connectivity index (χ4n) is 17.7. The number of anilines is 1. The SMILES string of the molecule is COC(=O)N1CC[C@]23c4c5ccc(C6N(S(=O)(=O)c7ccc([N+](=O)[O-])cc7)c7cccc8ccc9ccc[n+]6c9c78)c4O[C@H]2[C@@H](C)C=C[C@H]3C1C5.COC(=O)N1CC[C@]23c4c5ccc(F)c4O[C@H]2[C@@H](C)C=C[C@H]3C1C5.F[N+]12CC[N+](CCl)(CC1)CC2. The number of piperidine rings is 2. The third-order valence-corrected chi connectivity index (χ3v) is 24.0. The number of piperazine rings is 3. The van der Waals surface area contributed by atoms with Crippen molar-refractivity contribution in [2.24, 2.45) is 23.7 Å². The van der Waals surface area contributed by atoms with Gasteiger partial charge >= 0.3 is 12.2 Å². The van der Waals surface area contributed by atoms with Crippen LogP contribution in [0.3, 0.4) is 0 Å². The first-order chi connectivity index (χ1) is 41.4. The number of hydrogen-bond acceptors (Lipinski definition) is 10. The second-order valence-corrected chi connectivity index (χ2v) is 27.6. The smallest absolute Gasteiger partial charge is 0.409 e. The van der Waals surface area contributed by atoms with E-state index in [-0.39, 0.29) is 86.7 Å². The van der Waals surface area contributed by atoms with Gasteiger partial charge in [0.05, 0.1) is 40.7 Å². The summed E-state index contributed by atoms with van der Waals surface area (Å²) in [4.78, 5) is 39.9. The van der Waals surface area contributed by atoms with E-state index in [4.69, 9.17) is 30.5 Å². The Hall–Kier alpha value is -7.39. The third-order valence-electron chi connectivity index (χ3n) is 21.7. The molecule has 5 fully saturated rings. The predicted molar refractivity (Wildman–Crippen MR) is 315 cm³/mol. The van der Waals surface area contributed by atoms with Crippen molar-refractivity contribution in [1.82, 2.24) is 9.80 Å². The maximum absolute atomic E-state index is 15.1. The van der Waals surface area contributed by atoms with Crippen LogP contribution in [0.1, 0.15) is 60.7 Å². The first kappa shape index (κ1) is 55.2. The monoisotopic (exact) mass is 1210 g/mol. The van der Waals surface area contributed by atoms with Gasteiger partial charge in [-0.3, -0.25) is 14.6 Å². The third kappa shape index (κ3) is 7.63. The van der Waals surface area contributed by atoms with Gasteiger partial charge in [-0.05, 0) is 89.1 Å². The summed E-state index contributed by atoms with van der Waals surface area (Å²) in [5, 5.41) is 14.2. The van der Waals surface area contributed by atoms with E-state index in [1.165, 1.54) is 48.9 Å². The van der Waals surface area contributed by atoms with Crippen LogP contribution in [0.2, 0.25) is 0 Å². The molecule has 0 radical (unpaired) electrons. The lowest BCUT2D eigenvalue weighted by molar-refractivity contribution is -1.15. The molecule has 3 unspecified atom stereocenters. The summed E-state index contributed by atoms with van der Waals surface area (Å²) in [6.45, 7) is 10.3. The van der Waals surface area contributed by atoms with Crippen molar-refractivity contribution in [1.29, 1.82) is 0 Å². The second kappa shape index (κ2) is 19.6. The fourth-order valence-corrected chi connectivity index (χ4v) is 19.6. The lowest BCUT2D eigenvalue weighted by Gasteiger charge is -2.57. The minimum absolute atomic E-state index is 0.00686.